The van der Waals surface area contributed by atoms with Crippen LogP contribution >= 0.6 is 11.3 Å². The summed E-state index contributed by atoms with van der Waals surface area (Å²) in [5, 5.41) is 6.39. The largest absolute Gasteiger partial charge is 0.315 e. The van der Waals surface area contributed by atoms with Gasteiger partial charge in [0, 0.05) is 6.54 Å². The fourth-order valence-electron chi connectivity index (χ4n) is 2.22. The van der Waals surface area contributed by atoms with E-state index >= 15 is 0 Å². The van der Waals surface area contributed by atoms with Crippen LogP contribution in [0.5, 0.6) is 0 Å². The van der Waals surface area contributed by atoms with Crippen LogP contribution in [0.2, 0.25) is 0 Å². The first-order chi connectivity index (χ1) is 9.36. The number of unbranched alkanes of at least 4 members (excludes halogenated alkanes) is 4. The third-order valence-electron chi connectivity index (χ3n) is 3.20. The zero-order chi connectivity index (χ0) is 13.5. The maximum atomic E-state index is 10.4. The van der Waals surface area contributed by atoms with Gasteiger partial charge in [-0.1, -0.05) is 61.2 Å². The summed E-state index contributed by atoms with van der Waals surface area (Å²) in [6.07, 6.45) is 6.16. The third kappa shape index (κ3) is 3.50. The van der Waals surface area contributed by atoms with Crippen LogP contribution in [0.4, 0.5) is 0 Å². The van der Waals surface area contributed by atoms with E-state index in [1.54, 1.807) is 0 Å². The van der Waals surface area contributed by atoms with Gasteiger partial charge in [0.2, 0.25) is 4.80 Å². The van der Waals surface area contributed by atoms with E-state index < -0.39 is 0 Å². The van der Waals surface area contributed by atoms with E-state index in [-0.39, 0.29) is 0 Å². The zero-order valence-electron chi connectivity index (χ0n) is 11.2. The second kappa shape index (κ2) is 7.19. The zero-order valence-corrected chi connectivity index (χ0v) is 12.0. The van der Waals surface area contributed by atoms with Crippen molar-refractivity contribution in [2.75, 3.05) is 0 Å². The Morgan fingerprint density at radius 3 is 2.74 bits per heavy atom. The number of nitrogens with zero attached hydrogens (tertiary/aromatic N) is 3. The predicted octanol–water partition coefficient (Wildman–Crippen LogP) is 4.26. The van der Waals surface area contributed by atoms with Gasteiger partial charge in [0.1, 0.15) is 0 Å². The number of fused-ring (bicyclic) bond motifs is 1. The Kier molecular flexibility index (Phi) is 5.27. The summed E-state index contributed by atoms with van der Waals surface area (Å²) in [6.45, 7) is 3.12. The molecule has 0 saturated carbocycles. The van der Waals surface area contributed by atoms with Crippen LogP contribution in [-0.2, 0) is 6.54 Å². The molecule has 1 heterocycles. The summed E-state index contributed by atoms with van der Waals surface area (Å²) in [7, 11) is 0. The molecule has 0 aliphatic carbocycles. The molecule has 102 valence electrons. The summed E-state index contributed by atoms with van der Waals surface area (Å²) in [6, 6.07) is 8.14. The SMILES string of the molecule is CCCCCCCn1/c(=N/N=O)sc2ccccc21. The predicted molar refractivity (Wildman–Crippen MR) is 79.9 cm³/mol. The van der Waals surface area contributed by atoms with Crippen LogP contribution < -0.4 is 4.80 Å². The number of rotatable bonds is 7. The highest BCUT2D eigenvalue weighted by Crippen LogP contribution is 2.17. The minimum absolute atomic E-state index is 0.701. The molecule has 0 radical (unpaired) electrons. The van der Waals surface area contributed by atoms with E-state index in [2.05, 4.69) is 34.0 Å². The molecule has 0 aliphatic rings. The second-order valence-electron chi connectivity index (χ2n) is 4.60. The van der Waals surface area contributed by atoms with E-state index in [0.29, 0.717) is 4.80 Å². The number of aromatic nitrogens is 1. The van der Waals surface area contributed by atoms with Gasteiger partial charge in [-0.05, 0) is 18.6 Å². The molecular weight excluding hydrogens is 258 g/mol. The Labute approximate surface area is 116 Å². The number of hydrogen-bond acceptors (Lipinski definition) is 3. The number of benzene rings is 1. The lowest BCUT2D eigenvalue weighted by atomic mass is 10.1. The average Bonchev–Trinajstić information content (AvgIpc) is 2.77. The second-order valence-corrected chi connectivity index (χ2v) is 5.61. The number of para-hydroxylation sites is 1. The van der Waals surface area contributed by atoms with Crippen molar-refractivity contribution in [2.24, 2.45) is 10.4 Å². The minimum atomic E-state index is 0.701. The third-order valence-corrected chi connectivity index (χ3v) is 4.25. The van der Waals surface area contributed by atoms with Gasteiger partial charge in [-0.25, -0.2) is 0 Å². The van der Waals surface area contributed by atoms with E-state index in [9.17, 15) is 4.91 Å². The van der Waals surface area contributed by atoms with Crippen LogP contribution in [0, 0.1) is 4.91 Å². The summed E-state index contributed by atoms with van der Waals surface area (Å²) in [4.78, 5) is 11.1. The number of thiazole rings is 1. The van der Waals surface area contributed by atoms with Crippen LogP contribution in [0.1, 0.15) is 39.0 Å². The van der Waals surface area contributed by atoms with E-state index in [1.807, 2.05) is 12.1 Å². The Hall–Kier alpha value is -1.49. The highest BCUT2D eigenvalue weighted by molar-refractivity contribution is 7.16. The fourth-order valence-corrected chi connectivity index (χ4v) is 3.22. The Morgan fingerprint density at radius 1 is 1.16 bits per heavy atom. The van der Waals surface area contributed by atoms with Crippen molar-refractivity contribution in [1.29, 1.82) is 0 Å². The normalized spacial score (nSPS) is 12.2. The molecule has 1 aromatic carbocycles. The molecule has 4 nitrogen and oxygen atoms in total. The quantitative estimate of drug-likeness (QED) is 0.424. The molecular formula is C14H19N3OS. The molecule has 1 aromatic heterocycles. The van der Waals surface area contributed by atoms with Crippen LogP contribution in [-0.4, -0.2) is 4.57 Å². The van der Waals surface area contributed by atoms with Gasteiger partial charge in [0.05, 0.1) is 15.5 Å². The summed E-state index contributed by atoms with van der Waals surface area (Å²) in [5.74, 6) is 0. The Bertz CT molecular complexity index is 600. The first-order valence-electron chi connectivity index (χ1n) is 6.81. The van der Waals surface area contributed by atoms with Gasteiger partial charge in [-0.2, -0.15) is 0 Å². The van der Waals surface area contributed by atoms with Crippen molar-refractivity contribution in [3.05, 3.63) is 34.0 Å². The van der Waals surface area contributed by atoms with Crippen molar-refractivity contribution in [1.82, 2.24) is 4.57 Å². The smallest absolute Gasteiger partial charge is 0.215 e. The molecule has 0 aliphatic heterocycles. The van der Waals surface area contributed by atoms with Crippen molar-refractivity contribution in [3.63, 3.8) is 0 Å². The first-order valence-corrected chi connectivity index (χ1v) is 7.63. The molecule has 0 spiro atoms. The summed E-state index contributed by atoms with van der Waals surface area (Å²) in [5.41, 5.74) is 1.14. The average molecular weight is 277 g/mol. The molecule has 0 fully saturated rings. The van der Waals surface area contributed by atoms with E-state index in [1.165, 1.54) is 37.0 Å². The maximum absolute atomic E-state index is 10.4. The Morgan fingerprint density at radius 2 is 1.95 bits per heavy atom. The molecule has 0 N–H and O–H groups in total. The Balaban J connectivity index is 2.17. The van der Waals surface area contributed by atoms with Crippen LogP contribution in [0.25, 0.3) is 10.2 Å². The lowest BCUT2D eigenvalue weighted by Gasteiger charge is -2.04. The van der Waals surface area contributed by atoms with Gasteiger partial charge >= 0.3 is 0 Å². The summed E-state index contributed by atoms with van der Waals surface area (Å²) < 4.78 is 3.26. The van der Waals surface area contributed by atoms with Gasteiger partial charge < -0.3 is 4.57 Å². The number of aryl methyl sites for hydroxylation is 1. The van der Waals surface area contributed by atoms with Crippen molar-refractivity contribution < 1.29 is 0 Å². The fraction of sp³-hybridized carbons (Fsp3) is 0.500. The van der Waals surface area contributed by atoms with Gasteiger partial charge in [-0.3, -0.25) is 0 Å². The topological polar surface area (TPSA) is 46.7 Å². The number of hydrogen-bond donors (Lipinski definition) is 0. The van der Waals surface area contributed by atoms with Crippen LogP contribution in [0.3, 0.4) is 0 Å². The molecule has 0 saturated heterocycles. The molecule has 0 amide bonds. The van der Waals surface area contributed by atoms with Crippen LogP contribution in [0.15, 0.2) is 34.7 Å². The molecule has 0 atom stereocenters. The molecule has 2 aromatic rings. The van der Waals surface area contributed by atoms with E-state index in [4.69, 9.17) is 0 Å². The number of nitroso groups, excluding NO2 is 1. The van der Waals surface area contributed by atoms with Crippen molar-refractivity contribution in [3.8, 4) is 0 Å². The van der Waals surface area contributed by atoms with Gasteiger partial charge in [-0.15, -0.1) is 4.91 Å². The highest BCUT2D eigenvalue weighted by Gasteiger charge is 2.05. The molecule has 0 unspecified atom stereocenters. The van der Waals surface area contributed by atoms with E-state index in [0.717, 1.165) is 23.2 Å². The summed E-state index contributed by atoms with van der Waals surface area (Å²) >= 11 is 1.52. The molecule has 19 heavy (non-hydrogen) atoms. The monoisotopic (exact) mass is 277 g/mol. The molecule has 5 heteroatoms. The lowest BCUT2D eigenvalue weighted by molar-refractivity contribution is 0.569. The standard InChI is InChI=1S/C14H19N3OS/c1-2-3-4-5-8-11-17-12-9-6-7-10-13(12)19-14(17)15-16-18/h6-7,9-10H,2-5,8,11H2,1H3/b15-14-. The van der Waals surface area contributed by atoms with Gasteiger partial charge in [0.25, 0.3) is 0 Å². The highest BCUT2D eigenvalue weighted by atomic mass is 32.1. The minimum Gasteiger partial charge on any atom is -0.315 e. The molecule has 0 bridgehead atoms. The maximum Gasteiger partial charge on any atom is 0.215 e. The first kappa shape index (κ1) is 13.9. The van der Waals surface area contributed by atoms with Crippen molar-refractivity contribution >= 4 is 21.6 Å². The lowest BCUT2D eigenvalue weighted by Crippen LogP contribution is -2.14. The molecule has 2 rings (SSSR count). The van der Waals surface area contributed by atoms with Crippen molar-refractivity contribution in [2.45, 2.75) is 45.6 Å². The van der Waals surface area contributed by atoms with Gasteiger partial charge in [0.15, 0.2) is 0 Å².